The molecule has 5 heteroatoms. The van der Waals surface area contributed by atoms with Crippen LogP contribution in [0, 0.1) is 12.8 Å². The third-order valence-corrected chi connectivity index (χ3v) is 4.23. The first-order valence-corrected chi connectivity index (χ1v) is 7.51. The van der Waals surface area contributed by atoms with E-state index in [2.05, 4.69) is 4.98 Å². The number of hydrogen-bond donors (Lipinski definition) is 0. The number of ketones is 3. The average Bonchev–Trinajstić information content (AvgIpc) is 2.47. The van der Waals surface area contributed by atoms with Gasteiger partial charge < -0.3 is 0 Å². The molecule has 0 unspecified atom stereocenters. The highest BCUT2D eigenvalue weighted by Gasteiger charge is 2.37. The smallest absolute Gasteiger partial charge is 0.183 e. The molecule has 0 radical (unpaired) electrons. The largest absolute Gasteiger partial charge is 0.298 e. The van der Waals surface area contributed by atoms with Crippen molar-refractivity contribution in [2.24, 2.45) is 5.92 Å². The summed E-state index contributed by atoms with van der Waals surface area (Å²) in [5.41, 5.74) is 1.54. The van der Waals surface area contributed by atoms with E-state index in [9.17, 15) is 14.4 Å². The zero-order chi connectivity index (χ0) is 15.9. The Morgan fingerprint density at radius 2 is 1.91 bits per heavy atom. The average molecular weight is 316 g/mol. The Bertz CT molecular complexity index is 797. The van der Waals surface area contributed by atoms with E-state index in [0.29, 0.717) is 28.1 Å². The van der Waals surface area contributed by atoms with Crippen molar-refractivity contribution in [2.45, 2.75) is 26.2 Å². The molecule has 4 nitrogen and oxygen atoms in total. The molecular weight excluding hydrogens is 302 g/mol. The first-order chi connectivity index (χ1) is 10.5. The summed E-state index contributed by atoms with van der Waals surface area (Å²) in [5, 5.41) is 1.19. The molecule has 3 rings (SSSR count). The molecule has 0 spiro atoms. The lowest BCUT2D eigenvalue weighted by atomic mass is 9.80. The molecule has 0 bridgehead atoms. The Morgan fingerprint density at radius 1 is 1.23 bits per heavy atom. The molecule has 0 amide bonds. The maximum atomic E-state index is 12.8. The Kier molecular flexibility index (Phi) is 3.79. The number of aryl methyl sites for hydroxylation is 1. The van der Waals surface area contributed by atoms with Crippen molar-refractivity contribution < 1.29 is 14.4 Å². The lowest BCUT2D eigenvalue weighted by Gasteiger charge is -2.19. The van der Waals surface area contributed by atoms with Crippen LogP contribution < -0.4 is 0 Å². The summed E-state index contributed by atoms with van der Waals surface area (Å²) >= 11 is 5.93. The quantitative estimate of drug-likeness (QED) is 0.630. The van der Waals surface area contributed by atoms with Crippen LogP contribution in [0.5, 0.6) is 0 Å². The molecule has 0 atom stereocenters. The maximum absolute atomic E-state index is 12.8. The van der Waals surface area contributed by atoms with Crippen LogP contribution in [0.3, 0.4) is 0 Å². The van der Waals surface area contributed by atoms with Crippen molar-refractivity contribution in [2.75, 3.05) is 0 Å². The van der Waals surface area contributed by atoms with Crippen molar-refractivity contribution in [3.05, 3.63) is 40.5 Å². The summed E-state index contributed by atoms with van der Waals surface area (Å²) in [5.74, 6) is -2.18. The van der Waals surface area contributed by atoms with E-state index in [1.807, 2.05) is 6.07 Å². The minimum Gasteiger partial charge on any atom is -0.298 e. The van der Waals surface area contributed by atoms with Gasteiger partial charge in [-0.05, 0) is 25.0 Å². The predicted octanol–water partition coefficient (Wildman–Crippen LogP) is 3.32. The van der Waals surface area contributed by atoms with Gasteiger partial charge in [0.2, 0.25) is 0 Å². The van der Waals surface area contributed by atoms with Gasteiger partial charge in [0, 0.05) is 30.0 Å². The molecule has 0 saturated heterocycles. The van der Waals surface area contributed by atoms with Crippen LogP contribution in [0.2, 0.25) is 5.02 Å². The fourth-order valence-corrected chi connectivity index (χ4v) is 3.09. The van der Waals surface area contributed by atoms with E-state index >= 15 is 0 Å². The number of pyridine rings is 1. The second-order valence-corrected chi connectivity index (χ2v) is 6.00. The Balaban J connectivity index is 2.16. The number of aromatic nitrogens is 1. The van der Waals surface area contributed by atoms with Crippen LogP contribution in [0.25, 0.3) is 10.9 Å². The van der Waals surface area contributed by atoms with Gasteiger partial charge in [0.1, 0.15) is 5.92 Å². The lowest BCUT2D eigenvalue weighted by molar-refractivity contribution is -0.133. The van der Waals surface area contributed by atoms with Crippen LogP contribution in [-0.4, -0.2) is 22.3 Å². The van der Waals surface area contributed by atoms with E-state index in [-0.39, 0.29) is 24.4 Å². The molecule has 22 heavy (non-hydrogen) atoms. The first kappa shape index (κ1) is 14.9. The Morgan fingerprint density at radius 3 is 2.59 bits per heavy atom. The molecule has 1 aliphatic rings. The zero-order valence-electron chi connectivity index (χ0n) is 12.1. The van der Waals surface area contributed by atoms with E-state index < -0.39 is 11.7 Å². The van der Waals surface area contributed by atoms with Gasteiger partial charge >= 0.3 is 0 Å². The summed E-state index contributed by atoms with van der Waals surface area (Å²) in [4.78, 5) is 41.1. The number of rotatable bonds is 2. The van der Waals surface area contributed by atoms with E-state index in [1.54, 1.807) is 19.1 Å². The molecule has 112 valence electrons. The third kappa shape index (κ3) is 2.44. The van der Waals surface area contributed by atoms with E-state index in [0.717, 1.165) is 5.39 Å². The van der Waals surface area contributed by atoms with E-state index in [1.165, 1.54) is 6.20 Å². The van der Waals surface area contributed by atoms with Crippen molar-refractivity contribution >= 4 is 39.9 Å². The molecule has 2 aromatic rings. The summed E-state index contributed by atoms with van der Waals surface area (Å²) in [6, 6.07) is 5.32. The lowest BCUT2D eigenvalue weighted by Crippen LogP contribution is -2.35. The van der Waals surface area contributed by atoms with Crippen LogP contribution in [0.4, 0.5) is 0 Å². The fourth-order valence-electron chi connectivity index (χ4n) is 2.93. The predicted molar refractivity (Wildman–Crippen MR) is 83.2 cm³/mol. The maximum Gasteiger partial charge on any atom is 0.183 e. The van der Waals surface area contributed by atoms with E-state index in [4.69, 9.17) is 11.6 Å². The number of carbonyl (C=O) groups is 3. The van der Waals surface area contributed by atoms with Crippen molar-refractivity contribution in [1.29, 1.82) is 0 Å². The molecule has 1 saturated carbocycles. The standard InChI is InChI=1S/C17H14ClNO3/c1-9-5-6-10-7-11(18)8-19-16(10)14(9)17(22)15-12(20)3-2-4-13(15)21/h5-8,15H,2-4H2,1H3. The Labute approximate surface area is 132 Å². The van der Waals surface area contributed by atoms with Gasteiger partial charge in [-0.15, -0.1) is 0 Å². The molecule has 1 aliphatic carbocycles. The third-order valence-electron chi connectivity index (χ3n) is 4.03. The molecule has 1 aromatic carbocycles. The molecule has 1 heterocycles. The van der Waals surface area contributed by atoms with Gasteiger partial charge in [-0.25, -0.2) is 0 Å². The van der Waals surface area contributed by atoms with Gasteiger partial charge in [-0.1, -0.05) is 23.7 Å². The molecule has 0 aliphatic heterocycles. The van der Waals surface area contributed by atoms with Gasteiger partial charge in [-0.2, -0.15) is 0 Å². The summed E-state index contributed by atoms with van der Waals surface area (Å²) in [7, 11) is 0. The number of Topliss-reactive ketones (excluding diaryl/α,β-unsaturated/α-hetero) is 3. The highest BCUT2D eigenvalue weighted by atomic mass is 35.5. The minimum atomic E-state index is -1.17. The summed E-state index contributed by atoms with van der Waals surface area (Å²) in [6.07, 6.45) is 2.56. The highest BCUT2D eigenvalue weighted by molar-refractivity contribution is 6.31. The monoisotopic (exact) mass is 315 g/mol. The van der Waals surface area contributed by atoms with Crippen molar-refractivity contribution in [3.63, 3.8) is 0 Å². The van der Waals surface area contributed by atoms with Gasteiger partial charge in [0.15, 0.2) is 17.3 Å². The van der Waals surface area contributed by atoms with Gasteiger partial charge in [0.05, 0.1) is 10.5 Å². The SMILES string of the molecule is Cc1ccc2cc(Cl)cnc2c1C(=O)C1C(=O)CCCC1=O. The second kappa shape index (κ2) is 5.61. The van der Waals surface area contributed by atoms with Crippen LogP contribution in [0.15, 0.2) is 24.4 Å². The normalized spacial score (nSPS) is 16.3. The Hall–Kier alpha value is -2.07. The second-order valence-electron chi connectivity index (χ2n) is 5.57. The number of carbonyl (C=O) groups excluding carboxylic acids is 3. The van der Waals surface area contributed by atoms with Crippen molar-refractivity contribution in [1.82, 2.24) is 4.98 Å². The minimum absolute atomic E-state index is 0.283. The molecule has 1 fully saturated rings. The van der Waals surface area contributed by atoms with Crippen LogP contribution >= 0.6 is 11.6 Å². The molecule has 1 aromatic heterocycles. The number of benzene rings is 1. The number of fused-ring (bicyclic) bond motifs is 1. The zero-order valence-corrected chi connectivity index (χ0v) is 12.8. The number of halogens is 1. The number of hydrogen-bond acceptors (Lipinski definition) is 4. The first-order valence-electron chi connectivity index (χ1n) is 7.13. The van der Waals surface area contributed by atoms with Crippen LogP contribution in [-0.2, 0) is 9.59 Å². The van der Waals surface area contributed by atoms with Gasteiger partial charge in [-0.3, -0.25) is 19.4 Å². The highest BCUT2D eigenvalue weighted by Crippen LogP contribution is 2.28. The van der Waals surface area contributed by atoms with Crippen LogP contribution in [0.1, 0.15) is 35.2 Å². The fraction of sp³-hybridized carbons (Fsp3) is 0.294. The molecule has 0 N–H and O–H groups in total. The summed E-state index contributed by atoms with van der Waals surface area (Å²) in [6.45, 7) is 1.78. The van der Waals surface area contributed by atoms with Crippen molar-refractivity contribution in [3.8, 4) is 0 Å². The van der Waals surface area contributed by atoms with Gasteiger partial charge in [0.25, 0.3) is 0 Å². The topological polar surface area (TPSA) is 64.1 Å². The summed E-state index contributed by atoms with van der Waals surface area (Å²) < 4.78 is 0. The number of nitrogens with zero attached hydrogens (tertiary/aromatic N) is 1. The molecular formula is C17H14ClNO3.